The van der Waals surface area contributed by atoms with Gasteiger partial charge in [-0.25, -0.2) is 0 Å². The minimum Gasteiger partial charge on any atom is -0.396 e. The van der Waals surface area contributed by atoms with Crippen LogP contribution in [0, 0.1) is 6.92 Å². The number of carbonyl (C=O) groups is 1. The van der Waals surface area contributed by atoms with Crippen molar-refractivity contribution in [3.05, 3.63) is 39.6 Å². The van der Waals surface area contributed by atoms with Crippen LogP contribution in [0.15, 0.2) is 18.3 Å². The smallest absolute Gasteiger partial charge is 0.278 e. The van der Waals surface area contributed by atoms with Gasteiger partial charge in [-0.2, -0.15) is 5.10 Å². The predicted octanol–water partition coefficient (Wildman–Crippen LogP) is 3.35. The molecule has 0 aliphatic rings. The van der Waals surface area contributed by atoms with E-state index in [0.29, 0.717) is 28.0 Å². The number of hydrogen-bond donors (Lipinski definition) is 2. The number of carbonyl (C=O) groups excluding carboxylic acids is 1. The summed E-state index contributed by atoms with van der Waals surface area (Å²) in [6.07, 6.45) is 1.61. The third-order valence-corrected chi connectivity index (χ3v) is 3.65. The van der Waals surface area contributed by atoms with Crippen molar-refractivity contribution in [2.75, 3.05) is 11.1 Å². The van der Waals surface area contributed by atoms with Gasteiger partial charge in [-0.1, -0.05) is 29.3 Å². The van der Waals surface area contributed by atoms with Crippen LogP contribution in [0.1, 0.15) is 23.0 Å². The molecule has 0 spiro atoms. The number of aromatic nitrogens is 2. The number of nitrogens with one attached hydrogen (secondary N) is 1. The average molecular weight is 313 g/mol. The number of amides is 1. The van der Waals surface area contributed by atoms with E-state index in [9.17, 15) is 4.79 Å². The lowest BCUT2D eigenvalue weighted by atomic mass is 10.2. The first kappa shape index (κ1) is 14.7. The predicted molar refractivity (Wildman–Crippen MR) is 81.5 cm³/mol. The molecular formula is C13H14Cl2N4O. The Kier molecular flexibility index (Phi) is 4.20. The van der Waals surface area contributed by atoms with Crippen molar-refractivity contribution in [2.24, 2.45) is 0 Å². The number of benzene rings is 1. The Balaban J connectivity index is 2.32. The van der Waals surface area contributed by atoms with E-state index in [2.05, 4.69) is 10.4 Å². The lowest BCUT2D eigenvalue weighted by molar-refractivity contribution is 0.102. The third-order valence-electron chi connectivity index (χ3n) is 2.85. The highest BCUT2D eigenvalue weighted by atomic mass is 35.5. The first-order valence-corrected chi connectivity index (χ1v) is 6.78. The van der Waals surface area contributed by atoms with Crippen molar-refractivity contribution < 1.29 is 4.79 Å². The van der Waals surface area contributed by atoms with Crippen molar-refractivity contribution in [1.29, 1.82) is 0 Å². The summed E-state index contributed by atoms with van der Waals surface area (Å²) in [5.41, 5.74) is 7.41. The summed E-state index contributed by atoms with van der Waals surface area (Å²) in [6, 6.07) is 3.45. The highest BCUT2D eigenvalue weighted by Crippen LogP contribution is 2.33. The maximum atomic E-state index is 12.2. The molecule has 1 heterocycles. The molecule has 20 heavy (non-hydrogen) atoms. The zero-order valence-corrected chi connectivity index (χ0v) is 12.6. The summed E-state index contributed by atoms with van der Waals surface area (Å²) < 4.78 is 1.59. The van der Waals surface area contributed by atoms with Crippen LogP contribution in [0.25, 0.3) is 0 Å². The molecule has 0 bridgehead atoms. The van der Waals surface area contributed by atoms with E-state index in [1.54, 1.807) is 23.0 Å². The fourth-order valence-corrected chi connectivity index (χ4v) is 2.18. The van der Waals surface area contributed by atoms with Crippen LogP contribution in [-0.2, 0) is 6.54 Å². The first-order valence-electron chi connectivity index (χ1n) is 6.03. The number of nitrogens with zero attached hydrogens (tertiary/aromatic N) is 2. The molecule has 0 unspecified atom stereocenters. The van der Waals surface area contributed by atoms with Crippen molar-refractivity contribution in [3.63, 3.8) is 0 Å². The topological polar surface area (TPSA) is 72.9 Å². The van der Waals surface area contributed by atoms with Gasteiger partial charge in [-0.05, 0) is 25.5 Å². The monoisotopic (exact) mass is 312 g/mol. The Bertz CT molecular complexity index is 667. The van der Waals surface area contributed by atoms with Gasteiger partial charge in [-0.15, -0.1) is 0 Å². The van der Waals surface area contributed by atoms with E-state index in [4.69, 9.17) is 28.9 Å². The molecule has 0 saturated carbocycles. The van der Waals surface area contributed by atoms with Gasteiger partial charge < -0.3 is 11.1 Å². The Labute approximate surface area is 126 Å². The molecule has 0 fully saturated rings. The molecule has 1 aromatic carbocycles. The summed E-state index contributed by atoms with van der Waals surface area (Å²) in [5, 5.41) is 7.52. The number of rotatable bonds is 3. The number of anilines is 2. The number of nitrogen functional groups attached to an aromatic ring is 1. The Morgan fingerprint density at radius 1 is 1.45 bits per heavy atom. The summed E-state index contributed by atoms with van der Waals surface area (Å²) in [7, 11) is 0. The van der Waals surface area contributed by atoms with Gasteiger partial charge in [0.2, 0.25) is 0 Å². The largest absolute Gasteiger partial charge is 0.396 e. The molecular weight excluding hydrogens is 299 g/mol. The molecule has 1 amide bonds. The molecule has 2 aromatic rings. The number of hydrogen-bond acceptors (Lipinski definition) is 3. The SMILES string of the molecule is CCn1cc(N)c(C(=O)Nc2c(Cl)ccc(C)c2Cl)n1. The van der Waals surface area contributed by atoms with Crippen LogP contribution in [0.2, 0.25) is 10.0 Å². The second-order valence-electron chi connectivity index (χ2n) is 4.30. The lowest BCUT2D eigenvalue weighted by Crippen LogP contribution is -2.15. The molecule has 106 valence electrons. The van der Waals surface area contributed by atoms with Crippen molar-refractivity contribution in [3.8, 4) is 0 Å². The van der Waals surface area contributed by atoms with Crippen molar-refractivity contribution in [1.82, 2.24) is 9.78 Å². The molecule has 5 nitrogen and oxygen atoms in total. The molecule has 0 aliphatic carbocycles. The molecule has 2 rings (SSSR count). The van der Waals surface area contributed by atoms with E-state index in [1.165, 1.54) is 0 Å². The van der Waals surface area contributed by atoms with Crippen molar-refractivity contribution in [2.45, 2.75) is 20.4 Å². The number of halogens is 2. The first-order chi connectivity index (χ1) is 9.43. The fourth-order valence-electron chi connectivity index (χ4n) is 1.72. The molecule has 0 radical (unpaired) electrons. The maximum absolute atomic E-state index is 12.2. The Morgan fingerprint density at radius 3 is 2.75 bits per heavy atom. The summed E-state index contributed by atoms with van der Waals surface area (Å²) in [4.78, 5) is 12.2. The average Bonchev–Trinajstić information content (AvgIpc) is 2.80. The van der Waals surface area contributed by atoms with Crippen LogP contribution in [0.4, 0.5) is 11.4 Å². The lowest BCUT2D eigenvalue weighted by Gasteiger charge is -2.10. The quantitative estimate of drug-likeness (QED) is 0.912. The second kappa shape index (κ2) is 5.73. The Morgan fingerprint density at radius 2 is 2.15 bits per heavy atom. The molecule has 0 atom stereocenters. The molecule has 7 heteroatoms. The minimum atomic E-state index is -0.441. The zero-order valence-electron chi connectivity index (χ0n) is 11.1. The summed E-state index contributed by atoms with van der Waals surface area (Å²) >= 11 is 12.2. The van der Waals surface area contributed by atoms with Crippen LogP contribution < -0.4 is 11.1 Å². The van der Waals surface area contributed by atoms with Gasteiger partial charge in [0, 0.05) is 12.7 Å². The zero-order chi connectivity index (χ0) is 14.9. The molecule has 1 aromatic heterocycles. The normalized spacial score (nSPS) is 10.6. The molecule has 3 N–H and O–H groups in total. The molecule has 0 aliphatic heterocycles. The van der Waals surface area contributed by atoms with Crippen LogP contribution in [0.3, 0.4) is 0 Å². The van der Waals surface area contributed by atoms with E-state index in [1.807, 2.05) is 13.8 Å². The van der Waals surface area contributed by atoms with Gasteiger partial charge in [0.05, 0.1) is 21.4 Å². The van der Waals surface area contributed by atoms with E-state index < -0.39 is 5.91 Å². The van der Waals surface area contributed by atoms with Gasteiger partial charge in [0.15, 0.2) is 5.69 Å². The van der Waals surface area contributed by atoms with Crippen LogP contribution in [0.5, 0.6) is 0 Å². The van der Waals surface area contributed by atoms with Gasteiger partial charge in [-0.3, -0.25) is 9.48 Å². The van der Waals surface area contributed by atoms with Gasteiger partial charge >= 0.3 is 0 Å². The van der Waals surface area contributed by atoms with Crippen molar-refractivity contribution >= 4 is 40.5 Å². The third kappa shape index (κ3) is 2.73. The summed E-state index contributed by atoms with van der Waals surface area (Å²) in [6.45, 7) is 4.36. The van der Waals surface area contributed by atoms with E-state index in [-0.39, 0.29) is 5.69 Å². The van der Waals surface area contributed by atoms with E-state index >= 15 is 0 Å². The number of nitrogens with two attached hydrogens (primary N) is 1. The Hall–Kier alpha value is -1.72. The standard InChI is InChI=1S/C13H14Cl2N4O/c1-3-19-6-9(16)12(18-19)13(20)17-11-8(14)5-4-7(2)10(11)15/h4-6H,3,16H2,1-2H3,(H,17,20). The van der Waals surface area contributed by atoms with Crippen LogP contribution >= 0.6 is 23.2 Å². The molecule has 0 saturated heterocycles. The highest BCUT2D eigenvalue weighted by molar-refractivity contribution is 6.40. The van der Waals surface area contributed by atoms with Crippen LogP contribution in [-0.4, -0.2) is 15.7 Å². The number of aryl methyl sites for hydroxylation is 2. The van der Waals surface area contributed by atoms with Gasteiger partial charge in [0.25, 0.3) is 5.91 Å². The fraction of sp³-hybridized carbons (Fsp3) is 0.231. The maximum Gasteiger partial charge on any atom is 0.278 e. The second-order valence-corrected chi connectivity index (χ2v) is 5.08. The minimum absolute atomic E-state index is 0.153. The summed E-state index contributed by atoms with van der Waals surface area (Å²) in [5.74, 6) is -0.441. The van der Waals surface area contributed by atoms with Gasteiger partial charge in [0.1, 0.15) is 0 Å². The highest BCUT2D eigenvalue weighted by Gasteiger charge is 2.18. The van der Waals surface area contributed by atoms with E-state index in [0.717, 1.165) is 5.56 Å².